The number of pyridine rings is 1. The van der Waals surface area contributed by atoms with E-state index in [1.54, 1.807) is 6.20 Å². The van der Waals surface area contributed by atoms with E-state index in [2.05, 4.69) is 41.5 Å². The quantitative estimate of drug-likeness (QED) is 0.472. The monoisotopic (exact) mass is 402 g/mol. The first kappa shape index (κ1) is 17.4. The van der Waals surface area contributed by atoms with Crippen LogP contribution in [0.4, 0.5) is 17.5 Å². The SMILES string of the molecule is Cc1cccc(Nc2nc(NCCCN)nc3c(Br)c[nH]c(=O)c23)c1. The lowest BCUT2D eigenvalue weighted by molar-refractivity contribution is 0.865. The number of nitrogens with one attached hydrogen (secondary N) is 3. The van der Waals surface area contributed by atoms with E-state index < -0.39 is 0 Å². The van der Waals surface area contributed by atoms with E-state index in [9.17, 15) is 4.79 Å². The first-order valence-electron chi connectivity index (χ1n) is 7.95. The molecule has 0 amide bonds. The number of hydrogen-bond acceptors (Lipinski definition) is 6. The molecule has 3 rings (SSSR count). The molecule has 7 nitrogen and oxygen atoms in total. The maximum atomic E-state index is 12.3. The molecule has 3 aromatic rings. The lowest BCUT2D eigenvalue weighted by atomic mass is 10.2. The molecule has 0 saturated carbocycles. The summed E-state index contributed by atoms with van der Waals surface area (Å²) < 4.78 is 0.693. The van der Waals surface area contributed by atoms with E-state index in [0.29, 0.717) is 40.2 Å². The van der Waals surface area contributed by atoms with Gasteiger partial charge in [0.2, 0.25) is 5.95 Å². The fraction of sp³-hybridized carbons (Fsp3) is 0.235. The summed E-state index contributed by atoms with van der Waals surface area (Å²) >= 11 is 3.44. The Bertz CT molecular complexity index is 956. The van der Waals surface area contributed by atoms with Crippen molar-refractivity contribution in [3.05, 3.63) is 50.9 Å². The Kier molecular flexibility index (Phi) is 5.30. The lowest BCUT2D eigenvalue weighted by Gasteiger charge is -2.12. The maximum Gasteiger partial charge on any atom is 0.261 e. The van der Waals surface area contributed by atoms with Crippen molar-refractivity contribution in [2.75, 3.05) is 23.7 Å². The van der Waals surface area contributed by atoms with E-state index in [0.717, 1.165) is 17.7 Å². The number of aryl methyl sites for hydroxylation is 1. The molecule has 0 spiro atoms. The second kappa shape index (κ2) is 7.62. The van der Waals surface area contributed by atoms with Gasteiger partial charge in [-0.3, -0.25) is 4.79 Å². The largest absolute Gasteiger partial charge is 0.354 e. The van der Waals surface area contributed by atoms with Crippen LogP contribution in [-0.2, 0) is 0 Å². The highest BCUT2D eigenvalue weighted by atomic mass is 79.9. The number of hydrogen-bond donors (Lipinski definition) is 4. The minimum atomic E-state index is -0.248. The highest BCUT2D eigenvalue weighted by Gasteiger charge is 2.14. The minimum absolute atomic E-state index is 0.248. The third-order valence-corrected chi connectivity index (χ3v) is 4.24. The standard InChI is InChI=1S/C17H19BrN6O/c1-10-4-2-5-11(8-10)22-15-13-14(12(18)9-21-16(13)25)23-17(24-15)20-7-3-6-19/h2,4-5,8-9H,3,6-7,19H2,1H3,(H,21,25)(H2,20,22,23,24). The fourth-order valence-electron chi connectivity index (χ4n) is 2.45. The van der Waals surface area contributed by atoms with Gasteiger partial charge in [0.25, 0.3) is 5.56 Å². The summed E-state index contributed by atoms with van der Waals surface area (Å²) in [7, 11) is 0. The van der Waals surface area contributed by atoms with E-state index in [1.165, 1.54) is 0 Å². The molecule has 0 aliphatic heterocycles. The Balaban J connectivity index is 2.10. The molecule has 0 fully saturated rings. The number of fused-ring (bicyclic) bond motifs is 1. The summed E-state index contributed by atoms with van der Waals surface area (Å²) in [4.78, 5) is 24.0. The Morgan fingerprint density at radius 3 is 2.92 bits per heavy atom. The van der Waals surface area contributed by atoms with Crippen LogP contribution in [0.1, 0.15) is 12.0 Å². The van der Waals surface area contributed by atoms with Crippen LogP contribution in [0.2, 0.25) is 0 Å². The Morgan fingerprint density at radius 2 is 2.16 bits per heavy atom. The average Bonchev–Trinajstić information content (AvgIpc) is 2.58. The highest BCUT2D eigenvalue weighted by molar-refractivity contribution is 9.10. The van der Waals surface area contributed by atoms with Crippen LogP contribution in [0, 0.1) is 6.92 Å². The van der Waals surface area contributed by atoms with Crippen molar-refractivity contribution in [3.63, 3.8) is 0 Å². The van der Waals surface area contributed by atoms with Crippen LogP contribution in [0.25, 0.3) is 10.9 Å². The summed E-state index contributed by atoms with van der Waals surface area (Å²) in [6.07, 6.45) is 2.39. The van der Waals surface area contributed by atoms with Crippen LogP contribution >= 0.6 is 15.9 Å². The van der Waals surface area contributed by atoms with E-state index in [1.807, 2.05) is 31.2 Å². The Hall–Kier alpha value is -2.45. The first-order valence-corrected chi connectivity index (χ1v) is 8.74. The normalized spacial score (nSPS) is 10.8. The molecule has 0 bridgehead atoms. The number of H-pyrrole nitrogens is 1. The van der Waals surface area contributed by atoms with Gasteiger partial charge in [0.1, 0.15) is 11.2 Å². The van der Waals surface area contributed by atoms with Gasteiger partial charge in [0, 0.05) is 18.4 Å². The van der Waals surface area contributed by atoms with Gasteiger partial charge in [0.05, 0.1) is 9.99 Å². The third-order valence-electron chi connectivity index (χ3n) is 3.64. The van der Waals surface area contributed by atoms with Crippen molar-refractivity contribution in [3.8, 4) is 0 Å². The van der Waals surface area contributed by atoms with Crippen molar-refractivity contribution in [2.24, 2.45) is 5.73 Å². The summed E-state index contributed by atoms with van der Waals surface area (Å²) in [5.41, 5.74) is 7.79. The molecule has 0 unspecified atom stereocenters. The van der Waals surface area contributed by atoms with Gasteiger partial charge >= 0.3 is 0 Å². The second-order valence-corrected chi connectivity index (χ2v) is 6.50. The third kappa shape index (κ3) is 3.97. The molecule has 25 heavy (non-hydrogen) atoms. The van der Waals surface area contributed by atoms with Crippen LogP contribution in [0.5, 0.6) is 0 Å². The van der Waals surface area contributed by atoms with Gasteiger partial charge in [-0.05, 0) is 53.5 Å². The number of rotatable bonds is 6. The molecule has 2 heterocycles. The number of benzene rings is 1. The number of halogens is 1. The second-order valence-electron chi connectivity index (χ2n) is 5.65. The molecule has 0 aliphatic carbocycles. The molecule has 130 valence electrons. The van der Waals surface area contributed by atoms with Gasteiger partial charge in [0.15, 0.2) is 0 Å². The zero-order valence-corrected chi connectivity index (χ0v) is 15.4. The average molecular weight is 403 g/mol. The summed E-state index contributed by atoms with van der Waals surface area (Å²) in [6.45, 7) is 3.25. The van der Waals surface area contributed by atoms with Crippen LogP contribution in [0.3, 0.4) is 0 Å². The Labute approximate surface area is 153 Å². The number of aromatic nitrogens is 3. The molecule has 5 N–H and O–H groups in total. The topological polar surface area (TPSA) is 109 Å². The maximum absolute atomic E-state index is 12.3. The van der Waals surface area contributed by atoms with Crippen molar-refractivity contribution in [1.29, 1.82) is 0 Å². The van der Waals surface area contributed by atoms with Crippen LogP contribution < -0.4 is 21.9 Å². The predicted molar refractivity (Wildman–Crippen MR) is 104 cm³/mol. The number of nitrogens with zero attached hydrogens (tertiary/aromatic N) is 2. The molecule has 2 aromatic heterocycles. The number of anilines is 3. The van der Waals surface area contributed by atoms with Gasteiger partial charge in [-0.2, -0.15) is 4.98 Å². The van der Waals surface area contributed by atoms with Gasteiger partial charge < -0.3 is 21.4 Å². The van der Waals surface area contributed by atoms with Gasteiger partial charge in [-0.25, -0.2) is 4.98 Å². The first-order chi connectivity index (χ1) is 12.1. The molecule has 0 aliphatic rings. The zero-order valence-electron chi connectivity index (χ0n) is 13.8. The van der Waals surface area contributed by atoms with Crippen LogP contribution in [-0.4, -0.2) is 28.0 Å². The Morgan fingerprint density at radius 1 is 1.32 bits per heavy atom. The van der Waals surface area contributed by atoms with Gasteiger partial charge in [-0.15, -0.1) is 0 Å². The molecule has 1 aromatic carbocycles. The van der Waals surface area contributed by atoms with E-state index in [4.69, 9.17) is 5.73 Å². The van der Waals surface area contributed by atoms with Crippen molar-refractivity contribution in [1.82, 2.24) is 15.0 Å². The van der Waals surface area contributed by atoms with Crippen molar-refractivity contribution < 1.29 is 0 Å². The molecular formula is C17H19BrN6O. The number of nitrogens with two attached hydrogens (primary N) is 1. The summed E-state index contributed by atoms with van der Waals surface area (Å²) in [5, 5.41) is 6.78. The van der Waals surface area contributed by atoms with Crippen molar-refractivity contribution >= 4 is 44.3 Å². The van der Waals surface area contributed by atoms with E-state index >= 15 is 0 Å². The summed E-state index contributed by atoms with van der Waals surface area (Å²) in [5.74, 6) is 0.899. The zero-order chi connectivity index (χ0) is 17.8. The number of aromatic amines is 1. The fourth-order valence-corrected chi connectivity index (χ4v) is 2.85. The lowest BCUT2D eigenvalue weighted by Crippen LogP contribution is -2.14. The molecular weight excluding hydrogens is 384 g/mol. The predicted octanol–water partition coefficient (Wildman–Crippen LogP) is 2.89. The van der Waals surface area contributed by atoms with Crippen molar-refractivity contribution in [2.45, 2.75) is 13.3 Å². The molecule has 0 atom stereocenters. The smallest absolute Gasteiger partial charge is 0.261 e. The van der Waals surface area contributed by atoms with Gasteiger partial charge in [-0.1, -0.05) is 12.1 Å². The molecule has 0 saturated heterocycles. The van der Waals surface area contributed by atoms with Crippen LogP contribution in [0.15, 0.2) is 39.7 Å². The van der Waals surface area contributed by atoms with E-state index in [-0.39, 0.29) is 5.56 Å². The molecule has 0 radical (unpaired) electrons. The highest BCUT2D eigenvalue weighted by Crippen LogP contribution is 2.27. The summed E-state index contributed by atoms with van der Waals surface area (Å²) in [6, 6.07) is 7.87. The minimum Gasteiger partial charge on any atom is -0.354 e. The molecule has 8 heteroatoms.